The van der Waals surface area contributed by atoms with Crippen molar-refractivity contribution in [3.63, 3.8) is 0 Å². The van der Waals surface area contributed by atoms with Crippen LogP contribution in [0.3, 0.4) is 0 Å². The Kier molecular flexibility index (Phi) is 6.20. The Morgan fingerprint density at radius 1 is 1.04 bits per heavy atom. The first-order valence-corrected chi connectivity index (χ1v) is 8.65. The Hall–Kier alpha value is -1.84. The van der Waals surface area contributed by atoms with E-state index in [1.165, 1.54) is 19.3 Å². The first-order valence-electron chi connectivity index (χ1n) is 8.65. The molecule has 4 heteroatoms. The van der Waals surface area contributed by atoms with Gasteiger partial charge in [-0.25, -0.2) is 0 Å². The number of rotatable bonds is 5. The lowest BCUT2D eigenvalue weighted by atomic mass is 9.94. The lowest BCUT2D eigenvalue weighted by molar-refractivity contribution is -0.124. The van der Waals surface area contributed by atoms with Crippen LogP contribution in [0.15, 0.2) is 24.3 Å². The first-order chi connectivity index (χ1) is 11.0. The van der Waals surface area contributed by atoms with E-state index in [1.807, 2.05) is 32.9 Å². The van der Waals surface area contributed by atoms with Gasteiger partial charge < -0.3 is 10.6 Å². The molecule has 0 aromatic heterocycles. The van der Waals surface area contributed by atoms with Crippen LogP contribution in [0, 0.1) is 12.8 Å². The van der Waals surface area contributed by atoms with E-state index in [2.05, 4.69) is 10.6 Å². The largest absolute Gasteiger partial charge is 0.352 e. The highest BCUT2D eigenvalue weighted by Crippen LogP contribution is 2.18. The molecule has 1 aromatic rings. The third kappa shape index (κ3) is 5.08. The molecule has 0 bridgehead atoms. The van der Waals surface area contributed by atoms with Crippen LogP contribution in [-0.4, -0.2) is 23.9 Å². The van der Waals surface area contributed by atoms with E-state index >= 15 is 0 Å². The van der Waals surface area contributed by atoms with Crippen molar-refractivity contribution >= 4 is 11.8 Å². The smallest absolute Gasteiger partial charge is 0.251 e. The Morgan fingerprint density at radius 2 is 1.65 bits per heavy atom. The molecule has 2 amide bonds. The lowest BCUT2D eigenvalue weighted by Crippen LogP contribution is -2.52. The van der Waals surface area contributed by atoms with Gasteiger partial charge in [-0.1, -0.05) is 50.8 Å². The minimum absolute atomic E-state index is 0.0491. The predicted molar refractivity (Wildman–Crippen MR) is 92.3 cm³/mol. The van der Waals surface area contributed by atoms with Crippen LogP contribution in [-0.2, 0) is 4.79 Å². The van der Waals surface area contributed by atoms with E-state index in [0.717, 1.165) is 18.4 Å². The Labute approximate surface area is 139 Å². The summed E-state index contributed by atoms with van der Waals surface area (Å²) in [5.41, 5.74) is 1.70. The minimum Gasteiger partial charge on any atom is -0.352 e. The summed E-state index contributed by atoms with van der Waals surface area (Å²) in [5, 5.41) is 6.00. The predicted octanol–water partition coefficient (Wildman–Crippen LogP) is 3.20. The van der Waals surface area contributed by atoms with Crippen LogP contribution < -0.4 is 10.6 Å². The molecule has 1 fully saturated rings. The molecule has 126 valence electrons. The summed E-state index contributed by atoms with van der Waals surface area (Å²) in [6.45, 7) is 5.90. The zero-order valence-electron chi connectivity index (χ0n) is 14.4. The molecule has 0 spiro atoms. The molecule has 4 nitrogen and oxygen atoms in total. The summed E-state index contributed by atoms with van der Waals surface area (Å²) >= 11 is 0. The fourth-order valence-corrected chi connectivity index (χ4v) is 3.00. The molecule has 1 atom stereocenters. The van der Waals surface area contributed by atoms with Gasteiger partial charge in [0.25, 0.3) is 5.91 Å². The fraction of sp³-hybridized carbons (Fsp3) is 0.579. The Balaban J connectivity index is 1.98. The maximum absolute atomic E-state index is 12.5. The van der Waals surface area contributed by atoms with E-state index in [9.17, 15) is 9.59 Å². The number of nitrogens with one attached hydrogen (secondary N) is 2. The zero-order valence-corrected chi connectivity index (χ0v) is 14.4. The van der Waals surface area contributed by atoms with Gasteiger partial charge in [0.15, 0.2) is 0 Å². The normalized spacial score (nSPS) is 16.9. The molecule has 1 aromatic carbocycles. The monoisotopic (exact) mass is 316 g/mol. The quantitative estimate of drug-likeness (QED) is 0.876. The van der Waals surface area contributed by atoms with Crippen LogP contribution in [0.2, 0.25) is 0 Å². The van der Waals surface area contributed by atoms with Gasteiger partial charge in [-0.15, -0.1) is 0 Å². The van der Waals surface area contributed by atoms with E-state index in [4.69, 9.17) is 0 Å². The highest BCUT2D eigenvalue weighted by Gasteiger charge is 2.27. The van der Waals surface area contributed by atoms with E-state index < -0.39 is 6.04 Å². The number of carbonyl (C=O) groups excluding carboxylic acids is 2. The number of hydrogen-bond acceptors (Lipinski definition) is 2. The number of carbonyl (C=O) groups is 2. The molecule has 0 radical (unpaired) electrons. The van der Waals surface area contributed by atoms with Crippen LogP contribution in [0.4, 0.5) is 0 Å². The van der Waals surface area contributed by atoms with Crippen LogP contribution in [0.1, 0.15) is 61.9 Å². The second-order valence-electron chi connectivity index (χ2n) is 6.90. The highest BCUT2D eigenvalue weighted by atomic mass is 16.2. The summed E-state index contributed by atoms with van der Waals surface area (Å²) in [5.74, 6) is -0.206. The summed E-state index contributed by atoms with van der Waals surface area (Å²) in [4.78, 5) is 24.9. The van der Waals surface area contributed by atoms with Gasteiger partial charge in [-0.2, -0.15) is 0 Å². The number of benzene rings is 1. The van der Waals surface area contributed by atoms with Crippen molar-refractivity contribution in [1.82, 2.24) is 10.6 Å². The maximum atomic E-state index is 12.5. The third-order valence-electron chi connectivity index (χ3n) is 4.50. The summed E-state index contributed by atoms with van der Waals surface area (Å²) < 4.78 is 0. The molecule has 1 aliphatic rings. The van der Waals surface area contributed by atoms with E-state index in [-0.39, 0.29) is 23.8 Å². The highest BCUT2D eigenvalue weighted by molar-refractivity contribution is 5.97. The minimum atomic E-state index is -0.495. The van der Waals surface area contributed by atoms with Crippen molar-refractivity contribution in [3.8, 4) is 0 Å². The maximum Gasteiger partial charge on any atom is 0.251 e. The molecular weight excluding hydrogens is 288 g/mol. The fourth-order valence-electron chi connectivity index (χ4n) is 3.00. The van der Waals surface area contributed by atoms with Crippen molar-refractivity contribution in [2.24, 2.45) is 5.92 Å². The van der Waals surface area contributed by atoms with E-state index in [1.54, 1.807) is 12.1 Å². The molecule has 2 rings (SSSR count). The number of hydrogen-bond donors (Lipinski definition) is 2. The van der Waals surface area contributed by atoms with E-state index in [0.29, 0.717) is 5.56 Å². The zero-order chi connectivity index (χ0) is 16.8. The molecule has 2 N–H and O–H groups in total. The van der Waals surface area contributed by atoms with Gasteiger partial charge in [0, 0.05) is 11.6 Å². The van der Waals surface area contributed by atoms with Gasteiger partial charge in [-0.3, -0.25) is 9.59 Å². The van der Waals surface area contributed by atoms with Crippen molar-refractivity contribution in [2.45, 2.75) is 65.0 Å². The second-order valence-corrected chi connectivity index (χ2v) is 6.90. The average Bonchev–Trinajstić information content (AvgIpc) is 2.53. The molecular formula is C19H28N2O2. The van der Waals surface area contributed by atoms with Gasteiger partial charge in [0.1, 0.15) is 6.04 Å². The van der Waals surface area contributed by atoms with Crippen molar-refractivity contribution < 1.29 is 9.59 Å². The van der Waals surface area contributed by atoms with Gasteiger partial charge in [0.2, 0.25) is 5.91 Å². The lowest BCUT2D eigenvalue weighted by Gasteiger charge is -2.27. The number of amides is 2. The van der Waals surface area contributed by atoms with Crippen molar-refractivity contribution in [3.05, 3.63) is 35.4 Å². The molecule has 0 aliphatic heterocycles. The summed E-state index contributed by atoms with van der Waals surface area (Å²) in [7, 11) is 0. The SMILES string of the molecule is Cc1ccc(C(=O)N[C@H](C(=O)NC2CCCCC2)C(C)C)cc1. The van der Waals surface area contributed by atoms with Gasteiger partial charge >= 0.3 is 0 Å². The van der Waals surface area contributed by atoms with Crippen molar-refractivity contribution in [1.29, 1.82) is 0 Å². The molecule has 0 heterocycles. The average molecular weight is 316 g/mol. The molecule has 1 saturated carbocycles. The van der Waals surface area contributed by atoms with Crippen LogP contribution >= 0.6 is 0 Å². The number of aryl methyl sites for hydroxylation is 1. The topological polar surface area (TPSA) is 58.2 Å². The molecule has 1 aliphatic carbocycles. The van der Waals surface area contributed by atoms with Crippen LogP contribution in [0.5, 0.6) is 0 Å². The molecule has 23 heavy (non-hydrogen) atoms. The van der Waals surface area contributed by atoms with Gasteiger partial charge in [-0.05, 0) is 37.8 Å². The van der Waals surface area contributed by atoms with Crippen LogP contribution in [0.25, 0.3) is 0 Å². The van der Waals surface area contributed by atoms with Crippen molar-refractivity contribution in [2.75, 3.05) is 0 Å². The summed E-state index contributed by atoms with van der Waals surface area (Å²) in [6.07, 6.45) is 5.69. The molecule has 0 unspecified atom stereocenters. The standard InChI is InChI=1S/C19H28N2O2/c1-13(2)17(19(23)20-16-7-5-4-6-8-16)21-18(22)15-11-9-14(3)10-12-15/h9-13,16-17H,4-8H2,1-3H3,(H,20,23)(H,21,22)/t17-/m0/s1. The Bertz CT molecular complexity index is 531. The van der Waals surface area contributed by atoms with Gasteiger partial charge in [0.05, 0.1) is 0 Å². The third-order valence-corrected chi connectivity index (χ3v) is 4.50. The Morgan fingerprint density at radius 3 is 2.22 bits per heavy atom. The second kappa shape index (κ2) is 8.14. The first kappa shape index (κ1) is 17.5. The summed E-state index contributed by atoms with van der Waals surface area (Å²) in [6, 6.07) is 7.16. The molecule has 0 saturated heterocycles.